The van der Waals surface area contributed by atoms with Crippen LogP contribution in [0.4, 0.5) is 0 Å². The van der Waals surface area contributed by atoms with Crippen LogP contribution in [0.5, 0.6) is 5.75 Å². The number of rotatable bonds is 5. The van der Waals surface area contributed by atoms with Crippen LogP contribution in [0.3, 0.4) is 0 Å². The van der Waals surface area contributed by atoms with Gasteiger partial charge in [0.15, 0.2) is 6.61 Å². The summed E-state index contributed by atoms with van der Waals surface area (Å²) in [4.78, 5) is 30.8. The molecule has 1 fully saturated rings. The predicted octanol–water partition coefficient (Wildman–Crippen LogP) is 3.83. The fourth-order valence-corrected chi connectivity index (χ4v) is 4.79. The van der Waals surface area contributed by atoms with Gasteiger partial charge in [0.05, 0.1) is 20.8 Å². The van der Waals surface area contributed by atoms with E-state index in [4.69, 9.17) is 27.1 Å². The number of ether oxygens (including phenoxy) is 1. The molecule has 1 aliphatic rings. The molecular weight excluding hydrogens is 410 g/mol. The van der Waals surface area contributed by atoms with E-state index >= 15 is 0 Å². The Hall–Kier alpha value is -2.64. The highest BCUT2D eigenvalue weighted by atomic mass is 35.5. The molecule has 0 bridgehead atoms. The lowest BCUT2D eigenvalue weighted by Gasteiger charge is -2.31. The van der Waals surface area contributed by atoms with Gasteiger partial charge >= 0.3 is 0 Å². The van der Waals surface area contributed by atoms with Crippen LogP contribution in [0, 0.1) is 0 Å². The third kappa shape index (κ3) is 4.36. The van der Waals surface area contributed by atoms with Gasteiger partial charge in [-0.3, -0.25) is 9.59 Å². The summed E-state index contributed by atoms with van der Waals surface area (Å²) >= 11 is 7.60. The zero-order chi connectivity index (χ0) is 20.4. The van der Waals surface area contributed by atoms with E-state index in [1.165, 1.54) is 6.07 Å². The van der Waals surface area contributed by atoms with Crippen molar-refractivity contribution in [2.24, 2.45) is 5.73 Å². The Morgan fingerprint density at radius 3 is 2.90 bits per heavy atom. The van der Waals surface area contributed by atoms with Crippen LogP contribution in [0.25, 0.3) is 10.2 Å². The highest BCUT2D eigenvalue weighted by Gasteiger charge is 2.27. The minimum absolute atomic E-state index is 0.124. The largest absolute Gasteiger partial charge is 0.483 e. The maximum absolute atomic E-state index is 12.7. The molecule has 0 unspecified atom stereocenters. The topological polar surface area (TPSA) is 85.5 Å². The number of nitrogens with two attached hydrogens (primary N) is 1. The number of amides is 2. The molecule has 0 radical (unpaired) electrons. The number of piperidine rings is 1. The van der Waals surface area contributed by atoms with Gasteiger partial charge in [-0.25, -0.2) is 4.98 Å². The first kappa shape index (κ1) is 19.7. The number of hydrogen-bond donors (Lipinski definition) is 1. The van der Waals surface area contributed by atoms with Crippen molar-refractivity contribution < 1.29 is 14.3 Å². The van der Waals surface area contributed by atoms with Gasteiger partial charge in [0.2, 0.25) is 0 Å². The Bertz CT molecular complexity index is 1040. The van der Waals surface area contributed by atoms with Gasteiger partial charge in [-0.1, -0.05) is 23.7 Å². The molecule has 1 saturated heterocycles. The fraction of sp³-hybridized carbons (Fsp3) is 0.286. The maximum Gasteiger partial charge on any atom is 0.260 e. The quantitative estimate of drug-likeness (QED) is 0.667. The van der Waals surface area contributed by atoms with Crippen LogP contribution in [-0.4, -0.2) is 41.4 Å². The predicted molar refractivity (Wildman–Crippen MR) is 114 cm³/mol. The molecule has 1 aromatic heterocycles. The molecule has 2 heterocycles. The first-order valence-electron chi connectivity index (χ1n) is 9.36. The molecule has 2 amide bonds. The summed E-state index contributed by atoms with van der Waals surface area (Å²) < 4.78 is 6.76. The Morgan fingerprint density at radius 2 is 2.10 bits per heavy atom. The van der Waals surface area contributed by atoms with Gasteiger partial charge in [-0.15, -0.1) is 11.3 Å². The zero-order valence-electron chi connectivity index (χ0n) is 15.6. The van der Waals surface area contributed by atoms with Crippen molar-refractivity contribution in [1.82, 2.24) is 9.88 Å². The van der Waals surface area contributed by atoms with E-state index in [0.717, 1.165) is 28.1 Å². The van der Waals surface area contributed by atoms with Gasteiger partial charge in [0.25, 0.3) is 11.8 Å². The number of fused-ring (bicyclic) bond motifs is 1. The van der Waals surface area contributed by atoms with Crippen molar-refractivity contribution in [1.29, 1.82) is 0 Å². The number of carbonyl (C=O) groups is 2. The molecule has 6 nitrogen and oxygen atoms in total. The SMILES string of the molecule is NC(=O)c1cc(Cl)ccc1OCC(=O)N1CCC[C@H](c2nc3ccccc3s2)C1. The van der Waals surface area contributed by atoms with Gasteiger partial charge in [0.1, 0.15) is 5.75 Å². The lowest BCUT2D eigenvalue weighted by molar-refractivity contribution is -0.134. The van der Waals surface area contributed by atoms with Crippen LogP contribution in [0.15, 0.2) is 42.5 Å². The van der Waals surface area contributed by atoms with Crippen molar-refractivity contribution in [2.75, 3.05) is 19.7 Å². The Kier molecular flexibility index (Phi) is 5.69. The highest BCUT2D eigenvalue weighted by molar-refractivity contribution is 7.18. The van der Waals surface area contributed by atoms with E-state index in [9.17, 15) is 9.59 Å². The number of benzene rings is 2. The van der Waals surface area contributed by atoms with Crippen molar-refractivity contribution in [3.8, 4) is 5.75 Å². The molecule has 8 heteroatoms. The van der Waals surface area contributed by atoms with Crippen molar-refractivity contribution in [3.63, 3.8) is 0 Å². The number of primary amides is 1. The number of hydrogen-bond acceptors (Lipinski definition) is 5. The number of carbonyl (C=O) groups excluding carboxylic acids is 2. The molecule has 1 aliphatic heterocycles. The number of aromatic nitrogens is 1. The molecule has 0 saturated carbocycles. The van der Waals surface area contributed by atoms with Gasteiger partial charge in [-0.2, -0.15) is 0 Å². The zero-order valence-corrected chi connectivity index (χ0v) is 17.2. The van der Waals surface area contributed by atoms with E-state index < -0.39 is 5.91 Å². The molecule has 29 heavy (non-hydrogen) atoms. The highest BCUT2D eigenvalue weighted by Crippen LogP contribution is 2.33. The van der Waals surface area contributed by atoms with E-state index in [0.29, 0.717) is 18.1 Å². The molecule has 3 aromatic rings. The van der Waals surface area contributed by atoms with E-state index in [1.807, 2.05) is 18.2 Å². The number of para-hydroxylation sites is 1. The first-order chi connectivity index (χ1) is 14.0. The minimum atomic E-state index is -0.649. The van der Waals surface area contributed by atoms with E-state index in [2.05, 4.69) is 6.07 Å². The smallest absolute Gasteiger partial charge is 0.260 e. The van der Waals surface area contributed by atoms with Crippen LogP contribution in [0.2, 0.25) is 5.02 Å². The molecule has 4 rings (SSSR count). The van der Waals surface area contributed by atoms with E-state index in [-0.39, 0.29) is 29.7 Å². The third-order valence-electron chi connectivity index (χ3n) is 4.99. The maximum atomic E-state index is 12.7. The Labute approximate surface area is 177 Å². The number of nitrogens with zero attached hydrogens (tertiary/aromatic N) is 2. The van der Waals surface area contributed by atoms with E-state index in [1.54, 1.807) is 28.4 Å². The van der Waals surface area contributed by atoms with Gasteiger partial charge in [0, 0.05) is 24.0 Å². The van der Waals surface area contributed by atoms with Crippen molar-refractivity contribution in [3.05, 3.63) is 58.1 Å². The summed E-state index contributed by atoms with van der Waals surface area (Å²) in [5, 5.41) is 1.45. The minimum Gasteiger partial charge on any atom is -0.483 e. The summed E-state index contributed by atoms with van der Waals surface area (Å²) in [7, 11) is 0. The molecule has 2 aromatic carbocycles. The molecule has 0 aliphatic carbocycles. The fourth-order valence-electron chi connectivity index (χ4n) is 3.52. The number of thiazole rings is 1. The van der Waals surface area contributed by atoms with Crippen molar-refractivity contribution >= 4 is 45.0 Å². The molecule has 2 N–H and O–H groups in total. The van der Waals surface area contributed by atoms with Crippen molar-refractivity contribution in [2.45, 2.75) is 18.8 Å². The second-order valence-corrected chi connectivity index (χ2v) is 8.49. The summed E-state index contributed by atoms with van der Waals surface area (Å²) in [6.45, 7) is 1.15. The van der Waals surface area contributed by atoms with Crippen LogP contribution >= 0.6 is 22.9 Å². The Balaban J connectivity index is 1.42. The standard InChI is InChI=1S/C21H20ClN3O3S/c22-14-7-8-17(15(10-14)20(23)27)28-12-19(26)25-9-3-4-13(11-25)21-24-16-5-1-2-6-18(16)29-21/h1-2,5-8,10,13H,3-4,9,11-12H2,(H2,23,27)/t13-/m0/s1. The van der Waals surface area contributed by atoms with Gasteiger partial charge < -0.3 is 15.4 Å². The summed E-state index contributed by atoms with van der Waals surface area (Å²) in [5.74, 6) is -0.290. The molecule has 1 atom stereocenters. The second-order valence-electron chi connectivity index (χ2n) is 6.99. The lowest BCUT2D eigenvalue weighted by Crippen LogP contribution is -2.41. The van der Waals surface area contributed by atoms with Crippen LogP contribution < -0.4 is 10.5 Å². The second kappa shape index (κ2) is 8.39. The number of halogens is 1. The van der Waals surface area contributed by atoms with Crippen LogP contribution in [-0.2, 0) is 4.79 Å². The average molecular weight is 430 g/mol. The number of likely N-dealkylation sites (tertiary alicyclic amines) is 1. The lowest BCUT2D eigenvalue weighted by atomic mass is 9.99. The summed E-state index contributed by atoms with van der Waals surface area (Å²) in [6.07, 6.45) is 1.92. The average Bonchev–Trinajstić information content (AvgIpc) is 3.17. The summed E-state index contributed by atoms with van der Waals surface area (Å²) in [5.41, 5.74) is 6.53. The first-order valence-corrected chi connectivity index (χ1v) is 10.6. The third-order valence-corrected chi connectivity index (χ3v) is 6.43. The Morgan fingerprint density at radius 1 is 1.28 bits per heavy atom. The molecule has 0 spiro atoms. The van der Waals surface area contributed by atoms with Gasteiger partial charge in [-0.05, 0) is 43.2 Å². The molecule has 150 valence electrons. The molecular formula is C21H20ClN3O3S. The summed E-state index contributed by atoms with van der Waals surface area (Å²) in [6, 6.07) is 12.7. The normalized spacial score (nSPS) is 16.7. The van der Waals surface area contributed by atoms with Crippen LogP contribution in [0.1, 0.15) is 34.1 Å². The monoisotopic (exact) mass is 429 g/mol.